The molecule has 0 spiro atoms. The number of nitriles is 1. The molecule has 0 aliphatic heterocycles. The number of aliphatic hydroxyl groups excluding tert-OH is 1. The van der Waals surface area contributed by atoms with Crippen LogP contribution in [0.2, 0.25) is 0 Å². The minimum absolute atomic E-state index is 0.0902. The molecule has 0 aliphatic rings. The Kier molecular flexibility index (Phi) is 4.28. The number of H-pyrrole nitrogens is 1. The van der Waals surface area contributed by atoms with Crippen LogP contribution in [0.15, 0.2) is 21.4 Å². The van der Waals surface area contributed by atoms with E-state index in [0.717, 1.165) is 4.57 Å². The summed E-state index contributed by atoms with van der Waals surface area (Å²) < 4.78 is 0.880. The number of hydrogen-bond donors (Lipinski definition) is 3. The van der Waals surface area contributed by atoms with Gasteiger partial charge in [0.15, 0.2) is 5.69 Å². The van der Waals surface area contributed by atoms with Crippen LogP contribution in [0, 0.1) is 18.3 Å². The van der Waals surface area contributed by atoms with Crippen LogP contribution in [0.4, 0.5) is 11.6 Å². The first-order chi connectivity index (χ1) is 10.5. The van der Waals surface area contributed by atoms with Crippen molar-refractivity contribution in [1.82, 2.24) is 19.7 Å². The smallest absolute Gasteiger partial charge is 0.281 e. The molecular weight excluding hydrogens is 290 g/mol. The Morgan fingerprint density at radius 1 is 1.55 bits per heavy atom. The third kappa shape index (κ3) is 2.84. The first kappa shape index (κ1) is 15.3. The second-order valence-corrected chi connectivity index (χ2v) is 4.56. The van der Waals surface area contributed by atoms with E-state index in [1.165, 1.54) is 20.2 Å². The van der Waals surface area contributed by atoms with E-state index in [1.807, 2.05) is 6.07 Å². The number of nitrogens with zero attached hydrogens (tertiary/aromatic N) is 6. The van der Waals surface area contributed by atoms with Gasteiger partial charge in [0.05, 0.1) is 12.6 Å². The molecular formula is C12H13N7O3. The first-order valence-electron chi connectivity index (χ1n) is 6.27. The molecule has 1 atom stereocenters. The highest BCUT2D eigenvalue weighted by Crippen LogP contribution is 2.26. The molecule has 2 aromatic heterocycles. The molecule has 1 unspecified atom stereocenters. The van der Waals surface area contributed by atoms with Gasteiger partial charge in [0.25, 0.3) is 11.5 Å². The SMILES string of the molecule is Cc1c(C#N)c(O)n(CC(C)O)c(=O)c1N=Nc1ncn[nH]1. The van der Waals surface area contributed by atoms with Crippen LogP contribution >= 0.6 is 0 Å². The highest BCUT2D eigenvalue weighted by molar-refractivity contribution is 5.56. The lowest BCUT2D eigenvalue weighted by molar-refractivity contribution is 0.167. The predicted molar refractivity (Wildman–Crippen MR) is 74.1 cm³/mol. The van der Waals surface area contributed by atoms with Gasteiger partial charge in [-0.05, 0) is 13.8 Å². The molecule has 0 saturated heterocycles. The van der Waals surface area contributed by atoms with Crippen molar-refractivity contribution in [3.8, 4) is 11.9 Å². The fourth-order valence-corrected chi connectivity index (χ4v) is 1.84. The molecule has 0 radical (unpaired) electrons. The molecule has 2 aromatic rings. The number of nitrogens with one attached hydrogen (secondary N) is 1. The van der Waals surface area contributed by atoms with Gasteiger partial charge < -0.3 is 10.2 Å². The molecule has 22 heavy (non-hydrogen) atoms. The standard InChI is InChI=1S/C12H13N7O3/c1-6(20)4-19-10(21)8(3-13)7(2)9(11(19)22)16-18-12-14-5-15-17-12/h5-6,20-21H,4H2,1-2H3,(H,14,15,17). The molecule has 10 nitrogen and oxygen atoms in total. The van der Waals surface area contributed by atoms with Gasteiger partial charge in [-0.2, -0.15) is 15.3 Å². The van der Waals surface area contributed by atoms with Crippen molar-refractivity contribution in [2.45, 2.75) is 26.5 Å². The van der Waals surface area contributed by atoms with Crippen LogP contribution in [-0.2, 0) is 6.54 Å². The topological polar surface area (TPSA) is 153 Å². The number of pyridine rings is 1. The fraction of sp³-hybridized carbons (Fsp3) is 0.333. The minimum atomic E-state index is -0.892. The highest BCUT2D eigenvalue weighted by Gasteiger charge is 2.20. The summed E-state index contributed by atoms with van der Waals surface area (Å²) in [5.41, 5.74) is -0.702. The lowest BCUT2D eigenvalue weighted by Crippen LogP contribution is -2.26. The minimum Gasteiger partial charge on any atom is -0.493 e. The van der Waals surface area contributed by atoms with Crippen molar-refractivity contribution in [3.05, 3.63) is 27.8 Å². The second-order valence-electron chi connectivity index (χ2n) is 4.56. The Balaban J connectivity index is 2.63. The lowest BCUT2D eigenvalue weighted by Gasteiger charge is -2.14. The van der Waals surface area contributed by atoms with Crippen molar-refractivity contribution in [2.75, 3.05) is 0 Å². The molecule has 3 N–H and O–H groups in total. The Morgan fingerprint density at radius 2 is 2.27 bits per heavy atom. The van der Waals surface area contributed by atoms with Crippen molar-refractivity contribution in [1.29, 1.82) is 5.26 Å². The predicted octanol–water partition coefficient (Wildman–Crippen LogP) is 0.648. The van der Waals surface area contributed by atoms with Gasteiger partial charge in [-0.25, -0.2) is 5.10 Å². The number of aliphatic hydroxyl groups is 1. The average Bonchev–Trinajstić information content (AvgIpc) is 2.97. The van der Waals surface area contributed by atoms with Crippen molar-refractivity contribution >= 4 is 11.6 Å². The summed E-state index contributed by atoms with van der Waals surface area (Å²) in [6, 6.07) is 1.81. The van der Waals surface area contributed by atoms with Crippen LogP contribution in [0.1, 0.15) is 18.1 Å². The molecule has 0 saturated carbocycles. The Labute approximate surface area is 124 Å². The third-order valence-electron chi connectivity index (χ3n) is 2.86. The summed E-state index contributed by atoms with van der Waals surface area (Å²) >= 11 is 0. The molecule has 114 valence electrons. The maximum Gasteiger partial charge on any atom is 0.281 e. The molecule has 0 fully saturated rings. The van der Waals surface area contributed by atoms with Gasteiger partial charge >= 0.3 is 0 Å². The van der Waals surface area contributed by atoms with E-state index in [9.17, 15) is 15.0 Å². The normalized spacial score (nSPS) is 12.5. The molecule has 2 rings (SSSR count). The zero-order valence-electron chi connectivity index (χ0n) is 11.8. The van der Waals surface area contributed by atoms with Gasteiger partial charge in [0.2, 0.25) is 5.88 Å². The number of aromatic amines is 1. The molecule has 10 heteroatoms. The highest BCUT2D eigenvalue weighted by atomic mass is 16.3. The maximum absolute atomic E-state index is 12.4. The zero-order valence-corrected chi connectivity index (χ0v) is 11.8. The molecule has 0 amide bonds. The zero-order chi connectivity index (χ0) is 16.3. The molecule has 0 aromatic carbocycles. The average molecular weight is 303 g/mol. The summed E-state index contributed by atoms with van der Waals surface area (Å²) in [6.45, 7) is 2.75. The van der Waals surface area contributed by atoms with E-state index >= 15 is 0 Å². The van der Waals surface area contributed by atoms with Gasteiger partial charge in [-0.15, -0.1) is 10.2 Å². The van der Waals surface area contributed by atoms with E-state index in [0.29, 0.717) is 0 Å². The number of azo groups is 1. The summed E-state index contributed by atoms with van der Waals surface area (Å²) in [6.07, 6.45) is 0.335. The molecule has 0 bridgehead atoms. The third-order valence-corrected chi connectivity index (χ3v) is 2.86. The van der Waals surface area contributed by atoms with E-state index in [4.69, 9.17) is 5.26 Å². The summed E-state index contributed by atoms with van der Waals surface area (Å²) in [5, 5.41) is 42.1. The molecule has 0 aliphatic carbocycles. The maximum atomic E-state index is 12.4. The summed E-state index contributed by atoms with van der Waals surface area (Å²) in [4.78, 5) is 16.1. The first-order valence-corrected chi connectivity index (χ1v) is 6.27. The van der Waals surface area contributed by atoms with Crippen LogP contribution in [0.3, 0.4) is 0 Å². The number of hydrogen-bond acceptors (Lipinski definition) is 8. The van der Waals surface area contributed by atoms with Gasteiger partial charge in [0, 0.05) is 5.56 Å². The fourth-order valence-electron chi connectivity index (χ4n) is 1.84. The van der Waals surface area contributed by atoms with E-state index in [1.54, 1.807) is 0 Å². The van der Waals surface area contributed by atoms with Gasteiger partial charge in [-0.1, -0.05) is 0 Å². The molecule has 2 heterocycles. The Bertz CT molecular complexity index is 800. The number of aromatic hydroxyl groups is 1. The van der Waals surface area contributed by atoms with Gasteiger partial charge in [0.1, 0.15) is 18.0 Å². The second kappa shape index (κ2) is 6.15. The van der Waals surface area contributed by atoms with Crippen LogP contribution in [0.5, 0.6) is 5.88 Å². The van der Waals surface area contributed by atoms with Crippen LogP contribution < -0.4 is 5.56 Å². The van der Waals surface area contributed by atoms with Crippen LogP contribution in [0.25, 0.3) is 0 Å². The van der Waals surface area contributed by atoms with E-state index < -0.39 is 17.5 Å². The summed E-state index contributed by atoms with van der Waals surface area (Å²) in [7, 11) is 0. The van der Waals surface area contributed by atoms with Crippen molar-refractivity contribution in [2.24, 2.45) is 10.2 Å². The largest absolute Gasteiger partial charge is 0.493 e. The Morgan fingerprint density at radius 3 is 2.82 bits per heavy atom. The quantitative estimate of drug-likeness (QED) is 0.705. The Hall–Kier alpha value is -3.06. The van der Waals surface area contributed by atoms with Crippen LogP contribution in [-0.4, -0.2) is 36.1 Å². The number of rotatable bonds is 4. The van der Waals surface area contributed by atoms with Crippen molar-refractivity contribution < 1.29 is 10.2 Å². The van der Waals surface area contributed by atoms with Gasteiger partial charge in [-0.3, -0.25) is 9.36 Å². The summed E-state index contributed by atoms with van der Waals surface area (Å²) in [5.74, 6) is -0.419. The van der Waals surface area contributed by atoms with Crippen molar-refractivity contribution in [3.63, 3.8) is 0 Å². The number of aromatic nitrogens is 4. The lowest BCUT2D eigenvalue weighted by atomic mass is 10.1. The van der Waals surface area contributed by atoms with E-state index in [2.05, 4.69) is 25.4 Å². The monoisotopic (exact) mass is 303 g/mol. The van der Waals surface area contributed by atoms with E-state index in [-0.39, 0.29) is 29.3 Å².